The number of halogens is 1. The number of ether oxygens (including phenoxy) is 1. The van der Waals surface area contributed by atoms with Gasteiger partial charge in [-0.2, -0.15) is 0 Å². The van der Waals surface area contributed by atoms with E-state index >= 15 is 0 Å². The van der Waals surface area contributed by atoms with Crippen molar-refractivity contribution in [3.8, 4) is 5.75 Å². The van der Waals surface area contributed by atoms with Gasteiger partial charge in [-0.05, 0) is 52.0 Å². The molecule has 122 valence electrons. The lowest BCUT2D eigenvalue weighted by molar-refractivity contribution is -0.146. The van der Waals surface area contributed by atoms with E-state index in [4.69, 9.17) is 16.3 Å². The van der Waals surface area contributed by atoms with E-state index in [1.165, 1.54) is 4.90 Å². The Morgan fingerprint density at radius 2 is 1.82 bits per heavy atom. The van der Waals surface area contributed by atoms with E-state index in [1.807, 2.05) is 13.8 Å². The first kappa shape index (κ1) is 18.3. The Morgan fingerprint density at radius 3 is 2.32 bits per heavy atom. The van der Waals surface area contributed by atoms with Crippen molar-refractivity contribution in [1.29, 1.82) is 0 Å². The summed E-state index contributed by atoms with van der Waals surface area (Å²) in [4.78, 5) is 25.5. The number of carbonyl (C=O) groups excluding carboxylic acids is 2. The van der Waals surface area contributed by atoms with E-state index in [2.05, 4.69) is 5.32 Å². The van der Waals surface area contributed by atoms with Gasteiger partial charge in [0.05, 0.1) is 6.54 Å². The van der Waals surface area contributed by atoms with Crippen LogP contribution in [0.5, 0.6) is 5.75 Å². The molecule has 1 aromatic rings. The Balaban J connectivity index is 2.68. The molecule has 22 heavy (non-hydrogen) atoms. The quantitative estimate of drug-likeness (QED) is 0.873. The fourth-order valence-corrected chi connectivity index (χ4v) is 2.08. The van der Waals surface area contributed by atoms with Gasteiger partial charge in [0.25, 0.3) is 5.91 Å². The maximum Gasteiger partial charge on any atom is 0.266 e. The molecule has 0 radical (unpaired) electrons. The predicted molar refractivity (Wildman–Crippen MR) is 87.1 cm³/mol. The van der Waals surface area contributed by atoms with E-state index in [1.54, 1.807) is 45.2 Å². The highest BCUT2D eigenvalue weighted by atomic mass is 35.5. The zero-order valence-electron chi connectivity index (χ0n) is 13.6. The SMILES string of the molecule is CC(C)NC(=O)CN(C)C(=O)C(C)(C)Oc1ccc(Cl)cc1. The molecule has 0 atom stereocenters. The van der Waals surface area contributed by atoms with Crippen LogP contribution in [0, 0.1) is 0 Å². The fraction of sp³-hybridized carbons (Fsp3) is 0.500. The maximum atomic E-state index is 12.5. The van der Waals surface area contributed by atoms with Gasteiger partial charge in [0.2, 0.25) is 5.91 Å². The Hall–Kier alpha value is -1.75. The Labute approximate surface area is 136 Å². The summed E-state index contributed by atoms with van der Waals surface area (Å²) in [6, 6.07) is 6.81. The van der Waals surface area contributed by atoms with Crippen LogP contribution in [0.15, 0.2) is 24.3 Å². The molecule has 0 saturated carbocycles. The third-order valence-corrected chi connectivity index (χ3v) is 3.13. The summed E-state index contributed by atoms with van der Waals surface area (Å²) in [5.74, 6) is 0.0669. The van der Waals surface area contributed by atoms with Crippen LogP contribution in [-0.2, 0) is 9.59 Å². The molecule has 0 aliphatic heterocycles. The lowest BCUT2D eigenvalue weighted by Crippen LogP contribution is -2.50. The maximum absolute atomic E-state index is 12.5. The Kier molecular flexibility index (Phi) is 6.23. The van der Waals surface area contributed by atoms with Crippen molar-refractivity contribution in [3.63, 3.8) is 0 Å². The largest absolute Gasteiger partial charge is 0.478 e. The summed E-state index contributed by atoms with van der Waals surface area (Å²) < 4.78 is 5.72. The van der Waals surface area contributed by atoms with Crippen molar-refractivity contribution in [1.82, 2.24) is 10.2 Å². The number of hydrogen-bond donors (Lipinski definition) is 1. The molecule has 0 fully saturated rings. The number of amides is 2. The van der Waals surface area contributed by atoms with Crippen LogP contribution in [0.1, 0.15) is 27.7 Å². The minimum atomic E-state index is -1.08. The second-order valence-corrected chi connectivity index (χ2v) is 6.39. The minimum Gasteiger partial charge on any atom is -0.478 e. The van der Waals surface area contributed by atoms with Gasteiger partial charge in [-0.25, -0.2) is 0 Å². The molecule has 0 saturated heterocycles. The van der Waals surface area contributed by atoms with Crippen molar-refractivity contribution in [3.05, 3.63) is 29.3 Å². The predicted octanol–water partition coefficient (Wildman–Crippen LogP) is 2.48. The molecular formula is C16H23ClN2O3. The number of nitrogens with zero attached hydrogens (tertiary/aromatic N) is 1. The van der Waals surface area contributed by atoms with Crippen molar-refractivity contribution in [2.45, 2.75) is 39.3 Å². The zero-order chi connectivity index (χ0) is 16.9. The van der Waals surface area contributed by atoms with Crippen molar-refractivity contribution >= 4 is 23.4 Å². The van der Waals surface area contributed by atoms with E-state index in [9.17, 15) is 9.59 Å². The van der Waals surface area contributed by atoms with Gasteiger partial charge >= 0.3 is 0 Å². The average molecular weight is 327 g/mol. The number of likely N-dealkylation sites (N-methyl/N-ethyl adjacent to an activating group) is 1. The van der Waals surface area contributed by atoms with E-state index in [-0.39, 0.29) is 24.4 Å². The normalized spacial score (nSPS) is 11.2. The van der Waals surface area contributed by atoms with Crippen LogP contribution < -0.4 is 10.1 Å². The van der Waals surface area contributed by atoms with Crippen LogP contribution in [-0.4, -0.2) is 41.9 Å². The summed E-state index contributed by atoms with van der Waals surface area (Å²) in [6.07, 6.45) is 0. The third kappa shape index (κ3) is 5.56. The fourth-order valence-electron chi connectivity index (χ4n) is 1.96. The van der Waals surface area contributed by atoms with E-state index in [0.717, 1.165) is 0 Å². The molecule has 0 aromatic heterocycles. The summed E-state index contributed by atoms with van der Waals surface area (Å²) >= 11 is 5.82. The van der Waals surface area contributed by atoms with Gasteiger partial charge in [-0.15, -0.1) is 0 Å². The lowest BCUT2D eigenvalue weighted by atomic mass is 10.1. The monoisotopic (exact) mass is 326 g/mol. The average Bonchev–Trinajstić information content (AvgIpc) is 2.39. The molecule has 0 heterocycles. The Morgan fingerprint density at radius 1 is 1.27 bits per heavy atom. The number of nitrogens with one attached hydrogen (secondary N) is 1. The smallest absolute Gasteiger partial charge is 0.266 e. The highest BCUT2D eigenvalue weighted by molar-refractivity contribution is 6.30. The van der Waals surface area contributed by atoms with Crippen LogP contribution in [0.4, 0.5) is 0 Å². The lowest BCUT2D eigenvalue weighted by Gasteiger charge is -2.30. The van der Waals surface area contributed by atoms with Crippen molar-refractivity contribution in [2.75, 3.05) is 13.6 Å². The first-order valence-electron chi connectivity index (χ1n) is 7.11. The second kappa shape index (κ2) is 7.49. The standard InChI is InChI=1S/C16H23ClN2O3/c1-11(2)18-14(20)10-19(5)15(21)16(3,4)22-13-8-6-12(17)7-9-13/h6-9,11H,10H2,1-5H3,(H,18,20). The molecule has 0 aliphatic carbocycles. The second-order valence-electron chi connectivity index (χ2n) is 5.95. The van der Waals surface area contributed by atoms with Gasteiger partial charge in [0.15, 0.2) is 5.60 Å². The molecule has 1 N–H and O–H groups in total. The topological polar surface area (TPSA) is 58.6 Å². The number of hydrogen-bond acceptors (Lipinski definition) is 3. The van der Waals surface area contributed by atoms with Gasteiger partial charge in [0, 0.05) is 18.1 Å². The first-order chi connectivity index (χ1) is 10.1. The van der Waals surface area contributed by atoms with Crippen LogP contribution in [0.2, 0.25) is 5.02 Å². The van der Waals surface area contributed by atoms with Crippen LogP contribution in [0.25, 0.3) is 0 Å². The zero-order valence-corrected chi connectivity index (χ0v) is 14.4. The summed E-state index contributed by atoms with van der Waals surface area (Å²) in [5, 5.41) is 3.34. The van der Waals surface area contributed by atoms with Crippen LogP contribution in [0.3, 0.4) is 0 Å². The van der Waals surface area contributed by atoms with Crippen molar-refractivity contribution in [2.24, 2.45) is 0 Å². The minimum absolute atomic E-state index is 0.00950. The highest BCUT2D eigenvalue weighted by Gasteiger charge is 2.33. The number of carbonyl (C=O) groups is 2. The molecular weight excluding hydrogens is 304 g/mol. The molecule has 0 unspecified atom stereocenters. The molecule has 0 spiro atoms. The number of rotatable bonds is 6. The van der Waals surface area contributed by atoms with E-state index < -0.39 is 5.60 Å². The molecule has 0 aliphatic rings. The summed E-state index contributed by atoms with van der Waals surface area (Å²) in [5.41, 5.74) is -1.08. The van der Waals surface area contributed by atoms with Gasteiger partial charge in [-0.1, -0.05) is 11.6 Å². The molecule has 1 aromatic carbocycles. The van der Waals surface area contributed by atoms with Gasteiger partial charge < -0.3 is 15.0 Å². The first-order valence-corrected chi connectivity index (χ1v) is 7.49. The summed E-state index contributed by atoms with van der Waals surface area (Å²) in [7, 11) is 1.58. The molecule has 6 heteroatoms. The molecule has 5 nitrogen and oxygen atoms in total. The molecule has 0 bridgehead atoms. The highest BCUT2D eigenvalue weighted by Crippen LogP contribution is 2.22. The summed E-state index contributed by atoms with van der Waals surface area (Å²) in [6.45, 7) is 7.06. The Bertz CT molecular complexity index is 527. The van der Waals surface area contributed by atoms with Gasteiger partial charge in [0.1, 0.15) is 5.75 Å². The molecule has 2 amide bonds. The van der Waals surface area contributed by atoms with Gasteiger partial charge in [-0.3, -0.25) is 9.59 Å². The third-order valence-electron chi connectivity index (χ3n) is 2.88. The molecule has 1 rings (SSSR count). The van der Waals surface area contributed by atoms with E-state index in [0.29, 0.717) is 10.8 Å². The number of benzene rings is 1. The van der Waals surface area contributed by atoms with Crippen LogP contribution >= 0.6 is 11.6 Å². The van der Waals surface area contributed by atoms with Crippen molar-refractivity contribution < 1.29 is 14.3 Å².